The molecule has 104 valence electrons. The van der Waals surface area contributed by atoms with Gasteiger partial charge in [0, 0.05) is 5.02 Å². The summed E-state index contributed by atoms with van der Waals surface area (Å²) in [4.78, 5) is 11.9. The fraction of sp³-hybridized carbons (Fsp3) is 0.235. The highest BCUT2D eigenvalue weighted by Gasteiger charge is 2.38. The third-order valence-electron chi connectivity index (χ3n) is 3.76. The van der Waals surface area contributed by atoms with Crippen LogP contribution in [0, 0.1) is 0 Å². The van der Waals surface area contributed by atoms with Gasteiger partial charge in [-0.3, -0.25) is 4.79 Å². The van der Waals surface area contributed by atoms with Crippen LogP contribution in [-0.4, -0.2) is 11.1 Å². The quantitative estimate of drug-likeness (QED) is 0.890. The number of carboxylic acid groups (broad SMARTS) is 1. The Kier molecular flexibility index (Phi) is 4.46. The van der Waals surface area contributed by atoms with Gasteiger partial charge >= 0.3 is 5.97 Å². The fourth-order valence-electron chi connectivity index (χ4n) is 2.49. The van der Waals surface area contributed by atoms with Crippen LogP contribution in [0.25, 0.3) is 0 Å². The zero-order chi connectivity index (χ0) is 14.6. The van der Waals surface area contributed by atoms with Gasteiger partial charge in [-0.2, -0.15) is 0 Å². The number of benzene rings is 2. The maximum Gasteiger partial charge on any atom is 0.314 e. The number of rotatable bonds is 5. The Bertz CT molecular complexity index is 578. The van der Waals surface area contributed by atoms with Crippen LogP contribution in [-0.2, 0) is 16.6 Å². The van der Waals surface area contributed by atoms with Crippen molar-refractivity contribution >= 4 is 17.6 Å². The Hall–Kier alpha value is -1.80. The molecule has 1 N–H and O–H groups in total. The summed E-state index contributed by atoms with van der Waals surface area (Å²) in [6, 6.07) is 16.8. The first-order valence-corrected chi connectivity index (χ1v) is 6.99. The summed E-state index contributed by atoms with van der Waals surface area (Å²) in [5.74, 6) is -0.791. The summed E-state index contributed by atoms with van der Waals surface area (Å²) in [6.45, 7) is 1.91. The third-order valence-corrected chi connectivity index (χ3v) is 4.01. The molecule has 0 saturated carbocycles. The van der Waals surface area contributed by atoms with Gasteiger partial charge in [0.2, 0.25) is 0 Å². The number of carbonyl (C=O) groups is 1. The van der Waals surface area contributed by atoms with Gasteiger partial charge in [-0.25, -0.2) is 0 Å². The van der Waals surface area contributed by atoms with Crippen LogP contribution in [0.4, 0.5) is 0 Å². The molecular formula is C17H17ClO2. The molecule has 0 aliphatic rings. The van der Waals surface area contributed by atoms with Crippen LogP contribution < -0.4 is 0 Å². The van der Waals surface area contributed by atoms with Crippen LogP contribution >= 0.6 is 11.6 Å². The molecule has 0 fully saturated rings. The van der Waals surface area contributed by atoms with E-state index < -0.39 is 11.4 Å². The molecule has 20 heavy (non-hydrogen) atoms. The molecule has 2 aromatic rings. The average Bonchev–Trinajstić information content (AvgIpc) is 2.47. The van der Waals surface area contributed by atoms with Crippen LogP contribution in [0.3, 0.4) is 0 Å². The van der Waals surface area contributed by atoms with Gasteiger partial charge in [-0.15, -0.1) is 0 Å². The lowest BCUT2D eigenvalue weighted by molar-refractivity contribution is -0.144. The maximum atomic E-state index is 11.9. The predicted molar refractivity (Wildman–Crippen MR) is 81.2 cm³/mol. The molecule has 0 radical (unpaired) electrons. The van der Waals surface area contributed by atoms with Crippen molar-refractivity contribution < 1.29 is 9.90 Å². The molecule has 2 aromatic carbocycles. The highest BCUT2D eigenvalue weighted by atomic mass is 35.5. The summed E-state index contributed by atoms with van der Waals surface area (Å²) in [5.41, 5.74) is 0.919. The Balaban J connectivity index is 2.42. The molecule has 0 aliphatic heterocycles. The van der Waals surface area contributed by atoms with Crippen LogP contribution in [0.1, 0.15) is 24.5 Å². The number of aliphatic carboxylic acids is 1. The van der Waals surface area contributed by atoms with Crippen LogP contribution in [0.2, 0.25) is 5.02 Å². The molecule has 0 bridgehead atoms. The topological polar surface area (TPSA) is 37.3 Å². The van der Waals surface area contributed by atoms with Gasteiger partial charge < -0.3 is 5.11 Å². The molecule has 0 aromatic heterocycles. The second-order valence-electron chi connectivity index (χ2n) is 4.91. The summed E-state index contributed by atoms with van der Waals surface area (Å²) >= 11 is 5.88. The van der Waals surface area contributed by atoms with Crippen LogP contribution in [0.15, 0.2) is 54.6 Å². The van der Waals surface area contributed by atoms with E-state index in [2.05, 4.69) is 0 Å². The van der Waals surface area contributed by atoms with E-state index in [1.165, 1.54) is 0 Å². The van der Waals surface area contributed by atoms with Gasteiger partial charge in [-0.05, 0) is 36.1 Å². The molecule has 1 atom stereocenters. The summed E-state index contributed by atoms with van der Waals surface area (Å²) in [5, 5.41) is 10.4. The zero-order valence-corrected chi connectivity index (χ0v) is 12.1. The number of carboxylic acids is 1. The van der Waals surface area contributed by atoms with Crippen molar-refractivity contribution in [3.05, 3.63) is 70.7 Å². The lowest BCUT2D eigenvalue weighted by Crippen LogP contribution is -2.37. The van der Waals surface area contributed by atoms with Gasteiger partial charge in [0.25, 0.3) is 0 Å². The molecule has 0 saturated heterocycles. The van der Waals surface area contributed by atoms with Gasteiger partial charge in [0.05, 0.1) is 5.41 Å². The lowest BCUT2D eigenvalue weighted by Gasteiger charge is -2.29. The highest BCUT2D eigenvalue weighted by Crippen LogP contribution is 2.32. The number of halogens is 1. The Morgan fingerprint density at radius 1 is 1.10 bits per heavy atom. The van der Waals surface area contributed by atoms with Crippen molar-refractivity contribution in [2.45, 2.75) is 25.2 Å². The van der Waals surface area contributed by atoms with E-state index in [1.54, 1.807) is 12.1 Å². The van der Waals surface area contributed by atoms with Crippen molar-refractivity contribution in [1.29, 1.82) is 0 Å². The Labute approximate surface area is 124 Å². The van der Waals surface area contributed by atoms with E-state index in [0.717, 1.165) is 11.1 Å². The second-order valence-corrected chi connectivity index (χ2v) is 5.35. The highest BCUT2D eigenvalue weighted by molar-refractivity contribution is 6.30. The summed E-state index contributed by atoms with van der Waals surface area (Å²) in [7, 11) is 0. The van der Waals surface area contributed by atoms with E-state index >= 15 is 0 Å². The zero-order valence-electron chi connectivity index (χ0n) is 11.3. The van der Waals surface area contributed by atoms with Gasteiger partial charge in [0.1, 0.15) is 0 Å². The molecule has 0 heterocycles. The largest absolute Gasteiger partial charge is 0.481 e. The first-order chi connectivity index (χ1) is 9.58. The first-order valence-electron chi connectivity index (χ1n) is 6.62. The van der Waals surface area contributed by atoms with E-state index in [9.17, 15) is 9.90 Å². The van der Waals surface area contributed by atoms with Crippen molar-refractivity contribution in [3.8, 4) is 0 Å². The van der Waals surface area contributed by atoms with Crippen LogP contribution in [0.5, 0.6) is 0 Å². The minimum atomic E-state index is -0.894. The summed E-state index contributed by atoms with van der Waals surface area (Å²) < 4.78 is 0. The van der Waals surface area contributed by atoms with Crippen molar-refractivity contribution in [2.75, 3.05) is 0 Å². The molecule has 2 rings (SSSR count). The molecule has 3 heteroatoms. The SMILES string of the molecule is CCC(Cc1ccc(Cl)cc1)(C(=O)O)c1ccccc1. The van der Waals surface area contributed by atoms with Gasteiger partial charge in [-0.1, -0.05) is 61.0 Å². The fourth-order valence-corrected chi connectivity index (χ4v) is 2.62. The maximum absolute atomic E-state index is 11.9. The third kappa shape index (κ3) is 2.86. The lowest BCUT2D eigenvalue weighted by atomic mass is 9.73. The predicted octanol–water partition coefficient (Wildman–Crippen LogP) is 4.32. The monoisotopic (exact) mass is 288 g/mol. The van der Waals surface area contributed by atoms with Crippen molar-refractivity contribution in [3.63, 3.8) is 0 Å². The summed E-state index contributed by atoms with van der Waals surface area (Å²) in [6.07, 6.45) is 0.995. The normalized spacial score (nSPS) is 13.7. The standard InChI is InChI=1S/C17H17ClO2/c1-2-17(16(19)20,14-6-4-3-5-7-14)12-13-8-10-15(18)11-9-13/h3-11H,2,12H2,1H3,(H,19,20). The minimum absolute atomic E-state index is 0.458. The molecule has 0 spiro atoms. The number of hydrogen-bond acceptors (Lipinski definition) is 1. The second kappa shape index (κ2) is 6.10. The van der Waals surface area contributed by atoms with E-state index in [0.29, 0.717) is 17.9 Å². The average molecular weight is 289 g/mol. The van der Waals surface area contributed by atoms with E-state index in [1.807, 2.05) is 49.4 Å². The van der Waals surface area contributed by atoms with Crippen molar-refractivity contribution in [2.24, 2.45) is 0 Å². The number of hydrogen-bond donors (Lipinski definition) is 1. The Morgan fingerprint density at radius 2 is 1.70 bits per heavy atom. The van der Waals surface area contributed by atoms with E-state index in [4.69, 9.17) is 11.6 Å². The minimum Gasteiger partial charge on any atom is -0.481 e. The first kappa shape index (κ1) is 14.6. The molecule has 0 amide bonds. The van der Waals surface area contributed by atoms with E-state index in [-0.39, 0.29) is 0 Å². The molecular weight excluding hydrogens is 272 g/mol. The van der Waals surface area contributed by atoms with Gasteiger partial charge in [0.15, 0.2) is 0 Å². The molecule has 0 aliphatic carbocycles. The van der Waals surface area contributed by atoms with Crippen molar-refractivity contribution in [1.82, 2.24) is 0 Å². The smallest absolute Gasteiger partial charge is 0.314 e. The Morgan fingerprint density at radius 3 is 2.20 bits per heavy atom. The molecule has 2 nitrogen and oxygen atoms in total. The molecule has 1 unspecified atom stereocenters.